The van der Waals surface area contributed by atoms with Gasteiger partial charge < -0.3 is 4.74 Å². The first-order chi connectivity index (χ1) is 6.50. The number of esters is 1. The minimum absolute atomic E-state index is 0.116. The highest BCUT2D eigenvalue weighted by Crippen LogP contribution is 2.44. The van der Waals surface area contributed by atoms with Crippen LogP contribution in [0.3, 0.4) is 0 Å². The van der Waals surface area contributed by atoms with Gasteiger partial charge in [0.25, 0.3) is 0 Å². The quantitative estimate of drug-likeness (QED) is 0.522. The van der Waals surface area contributed by atoms with Crippen LogP contribution in [0.15, 0.2) is 11.6 Å². The molecule has 1 atom stereocenters. The number of hydrogen-bond acceptors (Lipinski definition) is 2. The van der Waals surface area contributed by atoms with Crippen molar-refractivity contribution in [3.05, 3.63) is 11.6 Å². The molecule has 1 aliphatic rings. The molecule has 1 heterocycles. The maximum Gasteiger partial charge on any atom is 0.332 e. The molecule has 0 aromatic heterocycles. The molecule has 1 unspecified atom stereocenters. The zero-order valence-corrected chi connectivity index (χ0v) is 13.1. The second kappa shape index (κ2) is 6.28. The molecular formula is C9H13Br3O2. The highest BCUT2D eigenvalue weighted by Gasteiger charge is 2.44. The molecule has 82 valence electrons. The summed E-state index contributed by atoms with van der Waals surface area (Å²) < 4.78 is 4.28. The van der Waals surface area contributed by atoms with Crippen LogP contribution in [0.25, 0.3) is 0 Å². The van der Waals surface area contributed by atoms with Crippen molar-refractivity contribution in [3.8, 4) is 0 Å². The van der Waals surface area contributed by atoms with Crippen molar-refractivity contribution < 1.29 is 9.53 Å². The second-order valence-electron chi connectivity index (χ2n) is 2.39. The molecule has 14 heavy (non-hydrogen) atoms. The molecule has 0 aromatic rings. The second-order valence-corrected chi connectivity index (χ2v) is 6.63. The Hall–Kier alpha value is 0.650. The number of carbonyl (C=O) groups is 1. The van der Waals surface area contributed by atoms with E-state index in [2.05, 4.69) is 47.8 Å². The maximum absolute atomic E-state index is 11.0. The monoisotopic (exact) mass is 390 g/mol. The van der Waals surface area contributed by atoms with Crippen LogP contribution in [0.4, 0.5) is 0 Å². The highest BCUT2D eigenvalue weighted by molar-refractivity contribution is 9.25. The smallest absolute Gasteiger partial charge is 0.332 e. The van der Waals surface area contributed by atoms with Gasteiger partial charge in [0.05, 0.1) is 0 Å². The molecule has 0 bridgehead atoms. The van der Waals surface area contributed by atoms with Gasteiger partial charge in [-0.1, -0.05) is 52.6 Å². The molecule has 0 saturated heterocycles. The SMILES string of the molecule is CC.CCC1=CC(=O)OC1(Br)C(Br)Br. The average molecular weight is 393 g/mol. The minimum atomic E-state index is -0.709. The fraction of sp³-hybridized carbons (Fsp3) is 0.667. The van der Waals surface area contributed by atoms with E-state index in [0.29, 0.717) is 0 Å². The molecule has 0 fully saturated rings. The molecule has 0 N–H and O–H groups in total. The van der Waals surface area contributed by atoms with Crippen LogP contribution < -0.4 is 0 Å². The fourth-order valence-electron chi connectivity index (χ4n) is 1.01. The molecule has 5 heteroatoms. The first-order valence-electron chi connectivity index (χ1n) is 4.41. The third-order valence-electron chi connectivity index (χ3n) is 1.64. The number of hydrogen-bond donors (Lipinski definition) is 0. The zero-order valence-electron chi connectivity index (χ0n) is 8.31. The number of carbonyl (C=O) groups excluding carboxylic acids is 1. The number of cyclic esters (lactones) is 1. The van der Waals surface area contributed by atoms with Gasteiger partial charge in [0.15, 0.2) is 0 Å². The van der Waals surface area contributed by atoms with Gasteiger partial charge in [-0.15, -0.1) is 0 Å². The zero-order chi connectivity index (χ0) is 11.4. The van der Waals surface area contributed by atoms with E-state index in [4.69, 9.17) is 4.74 Å². The number of alkyl halides is 3. The summed E-state index contributed by atoms with van der Waals surface area (Å²) in [4.78, 5) is 11.0. The van der Waals surface area contributed by atoms with Crippen LogP contribution >= 0.6 is 47.8 Å². The van der Waals surface area contributed by atoms with Crippen LogP contribution in [0.5, 0.6) is 0 Å². The predicted molar refractivity (Wildman–Crippen MR) is 69.1 cm³/mol. The Kier molecular flexibility index (Phi) is 6.57. The lowest BCUT2D eigenvalue weighted by Gasteiger charge is -2.25. The average Bonchev–Trinajstić information content (AvgIpc) is 2.45. The number of rotatable bonds is 2. The van der Waals surface area contributed by atoms with E-state index in [0.717, 1.165) is 12.0 Å². The Morgan fingerprint density at radius 3 is 2.29 bits per heavy atom. The van der Waals surface area contributed by atoms with Gasteiger partial charge in [-0.25, -0.2) is 4.79 Å². The molecule has 0 saturated carbocycles. The molecule has 1 aliphatic heterocycles. The first-order valence-corrected chi connectivity index (χ1v) is 7.04. The third kappa shape index (κ3) is 3.07. The topological polar surface area (TPSA) is 26.3 Å². The third-order valence-corrected chi connectivity index (χ3v) is 5.29. The van der Waals surface area contributed by atoms with E-state index in [9.17, 15) is 4.79 Å². The van der Waals surface area contributed by atoms with Gasteiger partial charge in [-0.2, -0.15) is 0 Å². The normalized spacial score (nSPS) is 25.4. The van der Waals surface area contributed by atoms with E-state index in [1.54, 1.807) is 0 Å². The fourth-order valence-corrected chi connectivity index (χ4v) is 2.34. The molecule has 0 radical (unpaired) electrons. The van der Waals surface area contributed by atoms with E-state index < -0.39 is 4.51 Å². The summed E-state index contributed by atoms with van der Waals surface area (Å²) in [6.07, 6.45) is 2.30. The maximum atomic E-state index is 11.0. The van der Waals surface area contributed by atoms with Crippen LogP contribution in [0, 0.1) is 0 Å². The van der Waals surface area contributed by atoms with Gasteiger partial charge in [0.2, 0.25) is 4.51 Å². The summed E-state index contributed by atoms with van der Waals surface area (Å²) in [6.45, 7) is 5.98. The molecular weight excluding hydrogens is 380 g/mol. The largest absolute Gasteiger partial charge is 0.438 e. The van der Waals surface area contributed by atoms with E-state index in [1.165, 1.54) is 6.08 Å². The first kappa shape index (κ1) is 14.6. The molecule has 0 aromatic carbocycles. The summed E-state index contributed by atoms with van der Waals surface area (Å²) in [5, 5.41) is 0. The van der Waals surface area contributed by atoms with Gasteiger partial charge >= 0.3 is 5.97 Å². The van der Waals surface area contributed by atoms with E-state index in [-0.39, 0.29) is 9.71 Å². The van der Waals surface area contributed by atoms with Crippen LogP contribution in [0.2, 0.25) is 0 Å². The Balaban J connectivity index is 0.000000791. The van der Waals surface area contributed by atoms with E-state index >= 15 is 0 Å². The highest BCUT2D eigenvalue weighted by atomic mass is 79.9. The minimum Gasteiger partial charge on any atom is -0.438 e. The van der Waals surface area contributed by atoms with Crippen molar-refractivity contribution in [2.24, 2.45) is 0 Å². The summed E-state index contributed by atoms with van der Waals surface area (Å²) >= 11 is 10.0. The van der Waals surface area contributed by atoms with Crippen molar-refractivity contribution >= 4 is 53.8 Å². The van der Waals surface area contributed by atoms with Crippen molar-refractivity contribution in [1.29, 1.82) is 0 Å². The van der Waals surface area contributed by atoms with Gasteiger partial charge in [-0.3, -0.25) is 0 Å². The standard InChI is InChI=1S/C7H7Br3O2.C2H6/c1-2-4-3-5(11)12-7(4,10)6(8)9;1-2/h3,6H,2H2,1H3;1-2H3. The molecule has 0 amide bonds. The van der Waals surface area contributed by atoms with Crippen LogP contribution in [0.1, 0.15) is 27.2 Å². The number of ether oxygens (including phenoxy) is 1. The Morgan fingerprint density at radius 2 is 2.00 bits per heavy atom. The van der Waals surface area contributed by atoms with Gasteiger partial charge in [0, 0.05) is 6.08 Å². The summed E-state index contributed by atoms with van der Waals surface area (Å²) in [5.41, 5.74) is 0.936. The van der Waals surface area contributed by atoms with E-state index in [1.807, 2.05) is 20.8 Å². The van der Waals surface area contributed by atoms with Crippen molar-refractivity contribution in [2.45, 2.75) is 35.4 Å². The van der Waals surface area contributed by atoms with Crippen molar-refractivity contribution in [2.75, 3.05) is 0 Å². The molecule has 2 nitrogen and oxygen atoms in total. The summed E-state index contributed by atoms with van der Waals surface area (Å²) in [5.74, 6) is -0.298. The Bertz CT molecular complexity index is 238. The number of halogens is 3. The molecule has 1 rings (SSSR count). The molecule has 0 spiro atoms. The Labute approximate surface area is 110 Å². The van der Waals surface area contributed by atoms with Crippen LogP contribution in [-0.4, -0.2) is 14.2 Å². The lowest BCUT2D eigenvalue weighted by Crippen LogP contribution is -2.31. The predicted octanol–water partition coefficient (Wildman–Crippen LogP) is 4.11. The lowest BCUT2D eigenvalue weighted by atomic mass is 10.1. The van der Waals surface area contributed by atoms with Crippen LogP contribution in [-0.2, 0) is 9.53 Å². The van der Waals surface area contributed by atoms with Crippen molar-refractivity contribution in [1.82, 2.24) is 0 Å². The lowest BCUT2D eigenvalue weighted by molar-refractivity contribution is -0.139. The summed E-state index contributed by atoms with van der Waals surface area (Å²) in [7, 11) is 0. The van der Waals surface area contributed by atoms with Gasteiger partial charge in [-0.05, 0) is 27.9 Å². The summed E-state index contributed by atoms with van der Waals surface area (Å²) in [6, 6.07) is 0. The van der Waals surface area contributed by atoms with Crippen molar-refractivity contribution in [3.63, 3.8) is 0 Å². The Morgan fingerprint density at radius 1 is 1.50 bits per heavy atom. The van der Waals surface area contributed by atoms with Gasteiger partial charge in [0.1, 0.15) is 3.74 Å². The molecule has 0 aliphatic carbocycles.